The molecule has 0 bridgehead atoms. The summed E-state index contributed by atoms with van der Waals surface area (Å²) in [5, 5.41) is 32.3. The maximum atomic E-state index is 13.1. The standard InChI is InChI=1S/C31H38O8.C16H28O6.8CH4/c1-6-31(5,19-30(3,4)28(35)38-16-20(2)32)29(36)39-18-23(33)17-37-27(34)26-24-13-9-7-11-21(24)15-22-12-8-10-14-25(22)26;1-6-16(5,14(19)22-9-12-8-20-12)10-15(3,4)13(18)21-7-11(2)17;;;;;;;;/h7-15,20,23,32-33H,6,16-19H2,1-5H3;11-12,17H,6-10H2,1-5H3;8*1H4. The fraction of sp³-hybridized carbons (Fsp3) is 0.655. The molecular formula is C55H98O14. The van der Waals surface area contributed by atoms with Gasteiger partial charge < -0.3 is 43.7 Å². The van der Waals surface area contributed by atoms with Gasteiger partial charge in [0.25, 0.3) is 0 Å². The van der Waals surface area contributed by atoms with Crippen molar-refractivity contribution in [2.75, 3.05) is 39.6 Å². The number of epoxide rings is 1. The summed E-state index contributed by atoms with van der Waals surface area (Å²) in [6.45, 7) is 17.1. The first-order valence-corrected chi connectivity index (χ1v) is 20.9. The summed E-state index contributed by atoms with van der Waals surface area (Å²) in [5.41, 5.74) is -3.22. The van der Waals surface area contributed by atoms with Crippen molar-refractivity contribution in [3.05, 3.63) is 60.2 Å². The molecule has 1 aliphatic heterocycles. The monoisotopic (exact) mass is 983 g/mol. The zero-order valence-corrected chi connectivity index (χ0v) is 37.4. The smallest absolute Gasteiger partial charge is 0.339 e. The molecule has 0 amide bonds. The van der Waals surface area contributed by atoms with Crippen LogP contribution in [0.1, 0.15) is 165 Å². The molecule has 6 atom stereocenters. The van der Waals surface area contributed by atoms with E-state index in [2.05, 4.69) is 0 Å². The summed E-state index contributed by atoms with van der Waals surface area (Å²) >= 11 is 0. The molecule has 0 saturated carbocycles. The Kier molecular flexibility index (Phi) is 36.3. The Hall–Kier alpha value is -4.63. The average Bonchev–Trinajstić information content (AvgIpc) is 4.05. The van der Waals surface area contributed by atoms with Crippen LogP contribution in [0.4, 0.5) is 0 Å². The summed E-state index contributed by atoms with van der Waals surface area (Å²) in [7, 11) is 0. The molecule has 1 aliphatic rings. The van der Waals surface area contributed by atoms with Crippen molar-refractivity contribution >= 4 is 51.4 Å². The van der Waals surface area contributed by atoms with Crippen molar-refractivity contribution in [1.29, 1.82) is 0 Å². The number of ether oxygens (including phenoxy) is 6. The van der Waals surface area contributed by atoms with Gasteiger partial charge >= 0.3 is 29.8 Å². The zero-order chi connectivity index (χ0) is 45.8. The van der Waals surface area contributed by atoms with Crippen LogP contribution in [-0.4, -0.2) is 109 Å². The van der Waals surface area contributed by atoms with Crippen molar-refractivity contribution in [1.82, 2.24) is 0 Å². The molecule has 3 aromatic rings. The van der Waals surface area contributed by atoms with E-state index in [1.807, 2.05) is 68.4 Å². The summed E-state index contributed by atoms with van der Waals surface area (Å²) in [6, 6.07) is 17.0. The van der Waals surface area contributed by atoms with Crippen molar-refractivity contribution in [3.8, 4) is 0 Å². The van der Waals surface area contributed by atoms with Gasteiger partial charge in [-0.2, -0.15) is 0 Å². The van der Waals surface area contributed by atoms with Crippen molar-refractivity contribution in [2.24, 2.45) is 21.7 Å². The fourth-order valence-corrected chi connectivity index (χ4v) is 6.94. The van der Waals surface area contributed by atoms with E-state index in [-0.39, 0.29) is 111 Å². The quantitative estimate of drug-likeness (QED) is 0.0393. The van der Waals surface area contributed by atoms with Crippen molar-refractivity contribution in [2.45, 2.75) is 179 Å². The Morgan fingerprint density at radius 1 is 0.565 bits per heavy atom. The number of hydrogen-bond donors (Lipinski definition) is 3. The Morgan fingerprint density at radius 2 is 0.913 bits per heavy atom. The van der Waals surface area contributed by atoms with Gasteiger partial charge in [-0.15, -0.1) is 0 Å². The average molecular weight is 983 g/mol. The second kappa shape index (κ2) is 33.0. The minimum Gasteiger partial charge on any atom is -0.463 e. The van der Waals surface area contributed by atoms with E-state index >= 15 is 0 Å². The number of hydrogen-bond acceptors (Lipinski definition) is 14. The van der Waals surface area contributed by atoms with Crippen LogP contribution in [0.2, 0.25) is 0 Å². The van der Waals surface area contributed by atoms with Crippen LogP contribution in [0.5, 0.6) is 0 Å². The lowest BCUT2D eigenvalue weighted by molar-refractivity contribution is -0.167. The third-order valence-electron chi connectivity index (χ3n) is 10.8. The normalized spacial score (nSPS) is 15.3. The number of aliphatic hydroxyl groups is 3. The molecule has 0 spiro atoms. The highest BCUT2D eigenvalue weighted by Crippen LogP contribution is 2.40. The number of carbonyl (C=O) groups excluding carboxylic acids is 5. The largest absolute Gasteiger partial charge is 0.463 e. The van der Waals surface area contributed by atoms with Crippen LogP contribution >= 0.6 is 0 Å². The summed E-state index contributed by atoms with van der Waals surface area (Å²) < 4.78 is 31.4. The Morgan fingerprint density at radius 3 is 1.28 bits per heavy atom. The maximum Gasteiger partial charge on any atom is 0.339 e. The summed E-state index contributed by atoms with van der Waals surface area (Å²) in [4.78, 5) is 63.1. The van der Waals surface area contributed by atoms with Crippen LogP contribution in [0.15, 0.2) is 54.6 Å². The molecule has 402 valence electrons. The van der Waals surface area contributed by atoms with Crippen molar-refractivity contribution in [3.63, 3.8) is 0 Å². The predicted octanol–water partition coefficient (Wildman–Crippen LogP) is 11.6. The molecule has 0 aromatic heterocycles. The van der Waals surface area contributed by atoms with Crippen LogP contribution in [0.3, 0.4) is 0 Å². The molecule has 14 heteroatoms. The number of fused-ring (bicyclic) bond motifs is 2. The molecule has 3 aromatic carbocycles. The van der Waals surface area contributed by atoms with Gasteiger partial charge in [-0.25, -0.2) is 4.79 Å². The Labute approximate surface area is 418 Å². The van der Waals surface area contributed by atoms with Gasteiger partial charge in [-0.3, -0.25) is 19.2 Å². The SMILES string of the molecule is C.C.C.C.C.C.C.C.CCC(C)(CC(C)(C)C(=O)OCC(C)O)C(=O)OCC(O)COC(=O)c1c2ccccc2cc2ccccc12.CCC(C)(CC(C)(C)C(=O)OCC(C)O)C(=O)OCC1CO1. The summed E-state index contributed by atoms with van der Waals surface area (Å²) in [5.74, 6) is -2.42. The Balaban J connectivity index is -0.000000289. The van der Waals surface area contributed by atoms with Gasteiger partial charge in [0.2, 0.25) is 0 Å². The van der Waals surface area contributed by atoms with E-state index in [1.54, 1.807) is 48.5 Å². The number of carbonyl (C=O) groups is 5. The molecular weight excluding hydrogens is 885 g/mol. The minimum atomic E-state index is -1.23. The maximum absolute atomic E-state index is 13.1. The van der Waals surface area contributed by atoms with E-state index in [0.717, 1.165) is 21.5 Å². The first-order valence-electron chi connectivity index (χ1n) is 20.9. The van der Waals surface area contributed by atoms with Crippen LogP contribution < -0.4 is 0 Å². The molecule has 14 nitrogen and oxygen atoms in total. The topological polar surface area (TPSA) is 205 Å². The zero-order valence-electron chi connectivity index (χ0n) is 37.4. The van der Waals surface area contributed by atoms with E-state index in [0.29, 0.717) is 31.4 Å². The minimum absolute atomic E-state index is 0. The first kappa shape index (κ1) is 75.9. The molecule has 6 unspecified atom stereocenters. The van der Waals surface area contributed by atoms with Gasteiger partial charge in [0.15, 0.2) is 0 Å². The first-order chi connectivity index (χ1) is 28.5. The third-order valence-corrected chi connectivity index (χ3v) is 10.8. The predicted molar refractivity (Wildman–Crippen MR) is 282 cm³/mol. The van der Waals surface area contributed by atoms with E-state index in [1.165, 1.54) is 6.92 Å². The highest BCUT2D eigenvalue weighted by Gasteiger charge is 2.44. The van der Waals surface area contributed by atoms with Gasteiger partial charge in [-0.05, 0) is 109 Å². The van der Waals surface area contributed by atoms with E-state index < -0.39 is 63.8 Å². The molecule has 1 saturated heterocycles. The molecule has 1 heterocycles. The fourth-order valence-electron chi connectivity index (χ4n) is 6.94. The second-order valence-electron chi connectivity index (χ2n) is 17.9. The van der Waals surface area contributed by atoms with E-state index in [4.69, 9.17) is 28.4 Å². The highest BCUT2D eigenvalue weighted by atomic mass is 16.6. The van der Waals surface area contributed by atoms with Crippen LogP contribution in [-0.2, 0) is 47.6 Å². The lowest BCUT2D eigenvalue weighted by Crippen LogP contribution is -2.40. The second-order valence-corrected chi connectivity index (χ2v) is 17.9. The van der Waals surface area contributed by atoms with Crippen LogP contribution in [0, 0.1) is 21.7 Å². The molecule has 69 heavy (non-hydrogen) atoms. The number of benzene rings is 3. The third kappa shape index (κ3) is 22.3. The number of esters is 5. The highest BCUT2D eigenvalue weighted by molar-refractivity contribution is 6.16. The molecule has 3 N–H and O–H groups in total. The van der Waals surface area contributed by atoms with Crippen molar-refractivity contribution < 1.29 is 67.7 Å². The summed E-state index contributed by atoms with van der Waals surface area (Å²) in [6.07, 6.45) is -1.30. The molecule has 0 aliphatic carbocycles. The number of rotatable bonds is 21. The molecule has 4 rings (SSSR count). The van der Waals surface area contributed by atoms with Gasteiger partial charge in [0.05, 0.1) is 46.0 Å². The van der Waals surface area contributed by atoms with Gasteiger partial charge in [0.1, 0.15) is 45.2 Å². The lowest BCUT2D eigenvalue weighted by Gasteiger charge is -2.34. The molecule has 1 fully saturated rings. The van der Waals surface area contributed by atoms with E-state index in [9.17, 15) is 39.3 Å². The Bertz CT molecular complexity index is 1910. The number of aliphatic hydroxyl groups excluding tert-OH is 3. The van der Waals surface area contributed by atoms with Gasteiger partial charge in [0, 0.05) is 0 Å². The molecule has 0 radical (unpaired) electrons. The van der Waals surface area contributed by atoms with Gasteiger partial charge in [-0.1, -0.05) is 122 Å². The van der Waals surface area contributed by atoms with Crippen LogP contribution in [0.25, 0.3) is 21.5 Å². The lowest BCUT2D eigenvalue weighted by atomic mass is 9.72.